The highest BCUT2D eigenvalue weighted by atomic mass is 16.5. The number of morpholine rings is 1. The Bertz CT molecular complexity index is 325. The SMILES string of the molecule is c1ccc2c(c1)[NH2+]C(N1CCOCC1)O2. The van der Waals surface area contributed by atoms with E-state index in [0.717, 1.165) is 32.1 Å². The molecule has 0 spiro atoms. The lowest BCUT2D eigenvalue weighted by Gasteiger charge is -2.28. The highest BCUT2D eigenvalue weighted by Gasteiger charge is 2.32. The lowest BCUT2D eigenvalue weighted by Crippen LogP contribution is -2.88. The molecule has 1 saturated heterocycles. The van der Waals surface area contributed by atoms with Crippen LogP contribution in [0.4, 0.5) is 5.69 Å². The number of hydrogen-bond donors (Lipinski definition) is 1. The van der Waals surface area contributed by atoms with Gasteiger partial charge in [-0.25, -0.2) is 4.90 Å². The number of quaternary nitrogens is 1. The van der Waals surface area contributed by atoms with Crippen molar-refractivity contribution in [2.75, 3.05) is 26.3 Å². The van der Waals surface area contributed by atoms with Crippen molar-refractivity contribution in [1.82, 2.24) is 4.90 Å². The molecule has 1 unspecified atom stereocenters. The number of nitrogens with two attached hydrogens (primary N) is 1. The molecule has 1 aromatic rings. The van der Waals surface area contributed by atoms with Gasteiger partial charge in [0, 0.05) is 19.2 Å². The molecule has 2 aliphatic rings. The summed E-state index contributed by atoms with van der Waals surface area (Å²) >= 11 is 0. The van der Waals surface area contributed by atoms with Gasteiger partial charge in [-0.05, 0) is 6.07 Å². The van der Waals surface area contributed by atoms with Gasteiger partial charge in [0.2, 0.25) is 0 Å². The molecular weight excluding hydrogens is 192 g/mol. The first-order valence-corrected chi connectivity index (χ1v) is 5.36. The summed E-state index contributed by atoms with van der Waals surface area (Å²) in [7, 11) is 0. The maximum atomic E-state index is 5.86. The van der Waals surface area contributed by atoms with Gasteiger partial charge in [0.25, 0.3) is 6.35 Å². The first-order valence-electron chi connectivity index (χ1n) is 5.36. The predicted octanol–water partition coefficient (Wildman–Crippen LogP) is -0.110. The zero-order chi connectivity index (χ0) is 10.1. The predicted molar refractivity (Wildman–Crippen MR) is 54.8 cm³/mol. The van der Waals surface area contributed by atoms with Crippen LogP contribution in [0.25, 0.3) is 0 Å². The molecule has 2 N–H and O–H groups in total. The highest BCUT2D eigenvalue weighted by Crippen LogP contribution is 2.24. The van der Waals surface area contributed by atoms with Crippen LogP contribution >= 0.6 is 0 Å². The van der Waals surface area contributed by atoms with Crippen LogP contribution in [0, 0.1) is 0 Å². The minimum absolute atomic E-state index is 0.103. The van der Waals surface area contributed by atoms with Crippen molar-refractivity contribution in [1.29, 1.82) is 0 Å². The van der Waals surface area contributed by atoms with Gasteiger partial charge in [0.1, 0.15) is 0 Å². The fraction of sp³-hybridized carbons (Fsp3) is 0.455. The van der Waals surface area contributed by atoms with Crippen molar-refractivity contribution in [3.05, 3.63) is 24.3 Å². The quantitative estimate of drug-likeness (QED) is 0.653. The standard InChI is InChI=1S/C11H14N2O2/c1-2-4-10-9(3-1)12-11(15-10)13-5-7-14-8-6-13/h1-4,11-12H,5-8H2/p+1. The number of hydrogen-bond acceptors (Lipinski definition) is 3. The van der Waals surface area contributed by atoms with Crippen molar-refractivity contribution < 1.29 is 14.8 Å². The average Bonchev–Trinajstić information content (AvgIpc) is 2.74. The van der Waals surface area contributed by atoms with Crippen molar-refractivity contribution in [3.8, 4) is 5.75 Å². The number of benzene rings is 1. The molecule has 0 aromatic heterocycles. The van der Waals surface area contributed by atoms with Gasteiger partial charge < -0.3 is 9.47 Å². The Hall–Kier alpha value is -1.10. The number of ether oxygens (including phenoxy) is 2. The zero-order valence-electron chi connectivity index (χ0n) is 8.56. The van der Waals surface area contributed by atoms with Gasteiger partial charge in [-0.15, -0.1) is 0 Å². The molecular formula is C11H15N2O2+. The third kappa shape index (κ3) is 1.71. The van der Waals surface area contributed by atoms with E-state index in [-0.39, 0.29) is 6.35 Å². The molecule has 1 aromatic carbocycles. The fourth-order valence-corrected chi connectivity index (χ4v) is 2.06. The zero-order valence-corrected chi connectivity index (χ0v) is 8.56. The number of nitrogens with zero attached hydrogens (tertiary/aromatic N) is 1. The number of rotatable bonds is 1. The van der Waals surface area contributed by atoms with Crippen LogP contribution in [0.2, 0.25) is 0 Å². The second-order valence-electron chi connectivity index (χ2n) is 3.86. The first-order chi connectivity index (χ1) is 7.43. The monoisotopic (exact) mass is 207 g/mol. The second-order valence-corrected chi connectivity index (χ2v) is 3.86. The van der Waals surface area contributed by atoms with Crippen molar-refractivity contribution in [3.63, 3.8) is 0 Å². The molecule has 0 aliphatic carbocycles. The van der Waals surface area contributed by atoms with Gasteiger partial charge in [-0.3, -0.25) is 5.32 Å². The van der Waals surface area contributed by atoms with Crippen molar-refractivity contribution >= 4 is 5.69 Å². The Kier molecular flexibility index (Phi) is 2.32. The van der Waals surface area contributed by atoms with E-state index < -0.39 is 0 Å². The Labute approximate surface area is 88.8 Å². The third-order valence-electron chi connectivity index (χ3n) is 2.89. The molecule has 0 radical (unpaired) electrons. The maximum Gasteiger partial charge on any atom is 0.299 e. The topological polar surface area (TPSA) is 38.3 Å². The van der Waals surface area contributed by atoms with Crippen LogP contribution in [0.5, 0.6) is 5.75 Å². The molecule has 2 aliphatic heterocycles. The summed E-state index contributed by atoms with van der Waals surface area (Å²) in [6.07, 6.45) is 0.103. The van der Waals surface area contributed by atoms with Gasteiger partial charge in [-0.1, -0.05) is 12.1 Å². The normalized spacial score (nSPS) is 26.0. The smallest absolute Gasteiger partial charge is 0.299 e. The summed E-state index contributed by atoms with van der Waals surface area (Å²) in [5.74, 6) is 0.994. The Morgan fingerprint density at radius 3 is 2.80 bits per heavy atom. The summed E-state index contributed by atoms with van der Waals surface area (Å²) in [4.78, 5) is 2.31. The molecule has 1 atom stereocenters. The van der Waals surface area contributed by atoms with Gasteiger partial charge >= 0.3 is 0 Å². The molecule has 4 nitrogen and oxygen atoms in total. The van der Waals surface area contributed by atoms with Crippen LogP contribution in [0.1, 0.15) is 0 Å². The number of para-hydroxylation sites is 2. The summed E-state index contributed by atoms with van der Waals surface area (Å²) in [6, 6.07) is 8.16. The van der Waals surface area contributed by atoms with Gasteiger partial charge in [0.15, 0.2) is 11.4 Å². The minimum atomic E-state index is 0.103. The van der Waals surface area contributed by atoms with E-state index in [1.807, 2.05) is 18.2 Å². The summed E-state index contributed by atoms with van der Waals surface area (Å²) in [5.41, 5.74) is 1.20. The van der Waals surface area contributed by atoms with Gasteiger partial charge in [0.05, 0.1) is 13.2 Å². The van der Waals surface area contributed by atoms with Crippen LogP contribution < -0.4 is 10.1 Å². The van der Waals surface area contributed by atoms with E-state index in [2.05, 4.69) is 16.3 Å². The van der Waals surface area contributed by atoms with Crippen LogP contribution in [0.15, 0.2) is 24.3 Å². The van der Waals surface area contributed by atoms with Crippen molar-refractivity contribution in [2.24, 2.45) is 0 Å². The molecule has 1 fully saturated rings. The average molecular weight is 207 g/mol. The molecule has 15 heavy (non-hydrogen) atoms. The van der Waals surface area contributed by atoms with E-state index in [9.17, 15) is 0 Å². The van der Waals surface area contributed by atoms with E-state index in [1.54, 1.807) is 0 Å². The number of fused-ring (bicyclic) bond motifs is 1. The molecule has 80 valence electrons. The Morgan fingerprint density at radius 2 is 2.00 bits per heavy atom. The van der Waals surface area contributed by atoms with Gasteiger partial charge in [-0.2, -0.15) is 0 Å². The Morgan fingerprint density at radius 1 is 1.20 bits per heavy atom. The Balaban J connectivity index is 1.72. The summed E-state index contributed by atoms with van der Waals surface area (Å²) in [6.45, 7) is 3.53. The van der Waals surface area contributed by atoms with E-state index in [0.29, 0.717) is 0 Å². The van der Waals surface area contributed by atoms with Crippen molar-refractivity contribution in [2.45, 2.75) is 6.35 Å². The molecule has 0 saturated carbocycles. The lowest BCUT2D eigenvalue weighted by molar-refractivity contribution is -0.656. The fourth-order valence-electron chi connectivity index (χ4n) is 2.06. The largest absolute Gasteiger partial charge is 0.423 e. The maximum absolute atomic E-state index is 5.86. The molecule has 0 bridgehead atoms. The van der Waals surface area contributed by atoms with Crippen LogP contribution in [0.3, 0.4) is 0 Å². The summed E-state index contributed by atoms with van der Waals surface area (Å²) in [5, 5.41) is 2.18. The van der Waals surface area contributed by atoms with E-state index >= 15 is 0 Å². The van der Waals surface area contributed by atoms with E-state index in [4.69, 9.17) is 9.47 Å². The molecule has 0 amide bonds. The second kappa shape index (κ2) is 3.81. The van der Waals surface area contributed by atoms with Crippen LogP contribution in [-0.4, -0.2) is 37.6 Å². The summed E-state index contributed by atoms with van der Waals surface area (Å²) < 4.78 is 11.2. The highest BCUT2D eigenvalue weighted by molar-refractivity contribution is 5.46. The molecule has 2 heterocycles. The third-order valence-corrected chi connectivity index (χ3v) is 2.89. The minimum Gasteiger partial charge on any atom is -0.423 e. The lowest BCUT2D eigenvalue weighted by atomic mass is 10.3. The molecule has 3 rings (SSSR count). The first kappa shape index (κ1) is 9.15. The molecule has 4 heteroatoms. The van der Waals surface area contributed by atoms with E-state index in [1.165, 1.54) is 5.69 Å². The van der Waals surface area contributed by atoms with Crippen LogP contribution in [-0.2, 0) is 4.74 Å².